The third-order valence-corrected chi connectivity index (χ3v) is 2.85. The van der Waals surface area contributed by atoms with E-state index in [1.165, 1.54) is 0 Å². The molecule has 100 valence electrons. The molecule has 0 fully saturated rings. The number of carbonyl (C=O) groups is 1. The molecule has 0 saturated heterocycles. The van der Waals surface area contributed by atoms with Crippen LogP contribution < -0.4 is 4.74 Å². The van der Waals surface area contributed by atoms with E-state index in [0.29, 0.717) is 17.3 Å². The molecule has 1 N–H and O–H groups in total. The van der Waals surface area contributed by atoms with Crippen LogP contribution in [0.2, 0.25) is 0 Å². The predicted molar refractivity (Wildman–Crippen MR) is 69.3 cm³/mol. The molecule has 5 nitrogen and oxygen atoms in total. The molecule has 2 aromatic rings. The Hall–Kier alpha value is -2.30. The molecule has 0 unspecified atom stereocenters. The first kappa shape index (κ1) is 13.1. The normalized spacial score (nSPS) is 10.5. The van der Waals surface area contributed by atoms with Gasteiger partial charge in [0.1, 0.15) is 17.9 Å². The van der Waals surface area contributed by atoms with Crippen molar-refractivity contribution in [1.82, 2.24) is 4.98 Å². The molecule has 19 heavy (non-hydrogen) atoms. The van der Waals surface area contributed by atoms with Gasteiger partial charge in [-0.05, 0) is 37.6 Å². The summed E-state index contributed by atoms with van der Waals surface area (Å²) in [6.45, 7) is 3.66. The molecule has 2 rings (SSSR count). The van der Waals surface area contributed by atoms with Crippen molar-refractivity contribution >= 4 is 5.97 Å². The maximum Gasteiger partial charge on any atom is 0.311 e. The van der Waals surface area contributed by atoms with Crippen LogP contribution in [0.15, 0.2) is 22.6 Å². The van der Waals surface area contributed by atoms with Gasteiger partial charge in [0.05, 0.1) is 12.8 Å². The Morgan fingerprint density at radius 2 is 2.16 bits per heavy atom. The number of carboxylic acid groups (broad SMARTS) is 1. The molecule has 0 aliphatic heterocycles. The summed E-state index contributed by atoms with van der Waals surface area (Å²) in [6, 6.07) is 5.57. The van der Waals surface area contributed by atoms with Crippen molar-refractivity contribution < 1.29 is 19.1 Å². The summed E-state index contributed by atoms with van der Waals surface area (Å²) in [6.07, 6.45) is -0.159. The van der Waals surface area contributed by atoms with Crippen molar-refractivity contribution in [2.24, 2.45) is 0 Å². The van der Waals surface area contributed by atoms with E-state index in [-0.39, 0.29) is 6.42 Å². The van der Waals surface area contributed by atoms with Crippen LogP contribution in [0.1, 0.15) is 17.0 Å². The highest BCUT2D eigenvalue weighted by atomic mass is 16.5. The zero-order valence-electron chi connectivity index (χ0n) is 11.1. The number of benzene rings is 1. The first-order valence-electron chi connectivity index (χ1n) is 5.84. The number of carboxylic acids is 1. The first-order chi connectivity index (χ1) is 9.01. The third-order valence-electron chi connectivity index (χ3n) is 2.85. The van der Waals surface area contributed by atoms with Crippen molar-refractivity contribution in [2.75, 3.05) is 7.11 Å². The maximum atomic E-state index is 10.7. The van der Waals surface area contributed by atoms with Gasteiger partial charge in [-0.2, -0.15) is 0 Å². The lowest BCUT2D eigenvalue weighted by atomic mass is 10.1. The van der Waals surface area contributed by atoms with Crippen LogP contribution in [-0.4, -0.2) is 23.2 Å². The quantitative estimate of drug-likeness (QED) is 0.915. The second-order valence-electron chi connectivity index (χ2n) is 4.28. The Kier molecular flexibility index (Phi) is 3.55. The van der Waals surface area contributed by atoms with Crippen LogP contribution >= 0.6 is 0 Å². The number of aromatic nitrogens is 1. The van der Waals surface area contributed by atoms with E-state index in [1.54, 1.807) is 14.0 Å². The van der Waals surface area contributed by atoms with Crippen LogP contribution in [0.5, 0.6) is 5.75 Å². The van der Waals surface area contributed by atoms with Gasteiger partial charge < -0.3 is 14.3 Å². The summed E-state index contributed by atoms with van der Waals surface area (Å²) >= 11 is 0. The van der Waals surface area contributed by atoms with E-state index >= 15 is 0 Å². The number of aryl methyl sites for hydroxylation is 2. The molecule has 1 aromatic heterocycles. The minimum absolute atomic E-state index is 0.159. The van der Waals surface area contributed by atoms with Crippen molar-refractivity contribution in [3.63, 3.8) is 0 Å². The van der Waals surface area contributed by atoms with E-state index in [1.807, 2.05) is 25.1 Å². The highest BCUT2D eigenvalue weighted by Crippen LogP contribution is 2.27. The molecule has 0 aliphatic rings. The maximum absolute atomic E-state index is 10.7. The molecule has 0 amide bonds. The van der Waals surface area contributed by atoms with E-state index in [0.717, 1.165) is 16.9 Å². The van der Waals surface area contributed by atoms with Crippen LogP contribution in [0, 0.1) is 13.8 Å². The lowest BCUT2D eigenvalue weighted by molar-refractivity contribution is -0.136. The highest BCUT2D eigenvalue weighted by Gasteiger charge is 2.14. The van der Waals surface area contributed by atoms with Gasteiger partial charge in [0, 0.05) is 5.56 Å². The molecule has 0 radical (unpaired) electrons. The zero-order valence-corrected chi connectivity index (χ0v) is 11.1. The van der Waals surface area contributed by atoms with Gasteiger partial charge in [0.25, 0.3) is 0 Å². The molecule has 0 aliphatic carbocycles. The summed E-state index contributed by atoms with van der Waals surface area (Å²) in [4.78, 5) is 15.0. The topological polar surface area (TPSA) is 72.6 Å². The lowest BCUT2D eigenvalue weighted by Gasteiger charge is -2.04. The Bertz CT molecular complexity index is 616. The molecule has 1 aromatic carbocycles. The lowest BCUT2D eigenvalue weighted by Crippen LogP contribution is -1.99. The molecular weight excluding hydrogens is 246 g/mol. The Balaban J connectivity index is 2.37. The minimum atomic E-state index is -0.934. The Morgan fingerprint density at radius 1 is 1.42 bits per heavy atom. The van der Waals surface area contributed by atoms with Gasteiger partial charge in [-0.3, -0.25) is 4.79 Å². The number of ether oxygens (including phenoxy) is 1. The fourth-order valence-electron chi connectivity index (χ4n) is 1.86. The van der Waals surface area contributed by atoms with Crippen molar-refractivity contribution in [3.05, 3.63) is 35.2 Å². The molecule has 1 heterocycles. The van der Waals surface area contributed by atoms with Crippen molar-refractivity contribution in [1.29, 1.82) is 0 Å². The summed E-state index contributed by atoms with van der Waals surface area (Å²) in [5.41, 5.74) is 2.37. The highest BCUT2D eigenvalue weighted by molar-refractivity contribution is 5.70. The Labute approximate surface area is 110 Å². The summed E-state index contributed by atoms with van der Waals surface area (Å²) in [7, 11) is 1.61. The third kappa shape index (κ3) is 2.76. The average molecular weight is 261 g/mol. The number of hydrogen-bond donors (Lipinski definition) is 1. The standard InChI is InChI=1S/C14H15NO4/c1-8-6-10(4-5-11(8)18-3)14-15-9(2)12(19-14)7-13(16)17/h4-6H,7H2,1-3H3,(H,16,17). The van der Waals surface area contributed by atoms with Gasteiger partial charge in [-0.25, -0.2) is 4.98 Å². The van der Waals surface area contributed by atoms with Gasteiger partial charge >= 0.3 is 5.97 Å². The largest absolute Gasteiger partial charge is 0.496 e. The van der Waals surface area contributed by atoms with Gasteiger partial charge in [0.2, 0.25) is 5.89 Å². The summed E-state index contributed by atoms with van der Waals surface area (Å²) in [5.74, 6) is 0.671. The number of hydrogen-bond acceptors (Lipinski definition) is 4. The summed E-state index contributed by atoms with van der Waals surface area (Å²) in [5, 5.41) is 8.78. The van der Waals surface area contributed by atoms with Gasteiger partial charge in [0.15, 0.2) is 0 Å². The number of rotatable bonds is 4. The number of methoxy groups -OCH3 is 1. The first-order valence-corrected chi connectivity index (χ1v) is 5.84. The van der Waals surface area contributed by atoms with Crippen LogP contribution in [0.3, 0.4) is 0 Å². The molecule has 0 bridgehead atoms. The smallest absolute Gasteiger partial charge is 0.311 e. The average Bonchev–Trinajstić information content (AvgIpc) is 2.70. The van der Waals surface area contributed by atoms with E-state index in [2.05, 4.69) is 4.98 Å². The second kappa shape index (κ2) is 5.14. The Morgan fingerprint density at radius 3 is 2.74 bits per heavy atom. The van der Waals surface area contributed by atoms with Gasteiger partial charge in [-0.1, -0.05) is 0 Å². The molecule has 0 saturated carbocycles. The van der Waals surface area contributed by atoms with Crippen molar-refractivity contribution in [2.45, 2.75) is 20.3 Å². The number of oxazole rings is 1. The number of aliphatic carboxylic acids is 1. The minimum Gasteiger partial charge on any atom is -0.496 e. The SMILES string of the molecule is COc1ccc(-c2nc(C)c(CC(=O)O)o2)cc1C. The van der Waals surface area contributed by atoms with E-state index in [4.69, 9.17) is 14.3 Å². The molecular formula is C14H15NO4. The van der Waals surface area contributed by atoms with E-state index < -0.39 is 5.97 Å². The van der Waals surface area contributed by atoms with Crippen LogP contribution in [0.4, 0.5) is 0 Å². The summed E-state index contributed by atoms with van der Waals surface area (Å²) < 4.78 is 10.7. The fourth-order valence-corrected chi connectivity index (χ4v) is 1.86. The molecule has 0 atom stereocenters. The zero-order chi connectivity index (χ0) is 14.0. The monoisotopic (exact) mass is 261 g/mol. The number of nitrogens with zero attached hydrogens (tertiary/aromatic N) is 1. The van der Waals surface area contributed by atoms with Crippen LogP contribution in [0.25, 0.3) is 11.5 Å². The molecule has 0 spiro atoms. The van der Waals surface area contributed by atoms with Crippen LogP contribution in [-0.2, 0) is 11.2 Å². The van der Waals surface area contributed by atoms with Gasteiger partial charge in [-0.15, -0.1) is 0 Å². The fraction of sp³-hybridized carbons (Fsp3) is 0.286. The second-order valence-corrected chi connectivity index (χ2v) is 4.28. The molecule has 5 heteroatoms. The van der Waals surface area contributed by atoms with E-state index in [9.17, 15) is 4.79 Å². The predicted octanol–water partition coefficient (Wildman–Crippen LogP) is 2.59. The van der Waals surface area contributed by atoms with Crippen molar-refractivity contribution in [3.8, 4) is 17.2 Å².